The fourth-order valence-electron chi connectivity index (χ4n) is 3.34. The van der Waals surface area contributed by atoms with Crippen LogP contribution < -0.4 is 15.5 Å². The van der Waals surface area contributed by atoms with Crippen LogP contribution in [0.2, 0.25) is 0 Å². The molecule has 1 fully saturated rings. The molecule has 154 valence electrons. The van der Waals surface area contributed by atoms with E-state index in [0.717, 1.165) is 37.3 Å². The summed E-state index contributed by atoms with van der Waals surface area (Å²) in [6.45, 7) is 7.98. The van der Waals surface area contributed by atoms with Crippen LogP contribution in [-0.4, -0.2) is 56.0 Å². The van der Waals surface area contributed by atoms with E-state index < -0.39 is 11.8 Å². The van der Waals surface area contributed by atoms with E-state index in [0.29, 0.717) is 24.5 Å². The highest BCUT2D eigenvalue weighted by Crippen LogP contribution is 2.20. The quantitative estimate of drug-likeness (QED) is 0.759. The second-order valence-electron chi connectivity index (χ2n) is 7.29. The molecule has 1 aliphatic rings. The van der Waals surface area contributed by atoms with E-state index >= 15 is 0 Å². The lowest BCUT2D eigenvalue weighted by molar-refractivity contribution is -0.136. The molecule has 2 amide bonds. The molecule has 2 aromatic carbocycles. The van der Waals surface area contributed by atoms with Gasteiger partial charge in [-0.3, -0.25) is 14.5 Å². The Labute approximate surface area is 170 Å². The number of carbonyl (C=O) groups is 2. The maximum atomic E-state index is 13.9. The van der Waals surface area contributed by atoms with Crippen LogP contribution in [0.15, 0.2) is 42.5 Å². The fourth-order valence-corrected chi connectivity index (χ4v) is 3.34. The highest BCUT2D eigenvalue weighted by atomic mass is 19.1. The molecule has 1 aliphatic heterocycles. The van der Waals surface area contributed by atoms with E-state index in [9.17, 15) is 14.0 Å². The minimum atomic E-state index is -0.669. The Morgan fingerprint density at radius 3 is 2.38 bits per heavy atom. The molecule has 6 nitrogen and oxygen atoms in total. The van der Waals surface area contributed by atoms with Gasteiger partial charge in [0, 0.05) is 45.0 Å². The Hall–Kier alpha value is -2.93. The second-order valence-corrected chi connectivity index (χ2v) is 7.29. The number of anilines is 2. The number of piperazine rings is 1. The summed E-state index contributed by atoms with van der Waals surface area (Å²) in [5.41, 5.74) is 3.42. The SMILES string of the molecule is Cc1ccc(NC(=O)C(=O)NCCN2CCN(c3ccccc3F)CC2)cc1C. The molecule has 0 aliphatic carbocycles. The molecule has 7 heteroatoms. The number of carbonyl (C=O) groups excluding carboxylic acids is 2. The fraction of sp³-hybridized carbons (Fsp3) is 0.364. The lowest BCUT2D eigenvalue weighted by Crippen LogP contribution is -2.49. The predicted molar refractivity (Wildman–Crippen MR) is 113 cm³/mol. The van der Waals surface area contributed by atoms with E-state index in [-0.39, 0.29) is 5.82 Å². The van der Waals surface area contributed by atoms with Crippen molar-refractivity contribution in [3.05, 3.63) is 59.4 Å². The Balaban J connectivity index is 1.39. The molecule has 0 spiro atoms. The van der Waals surface area contributed by atoms with Crippen LogP contribution in [0.3, 0.4) is 0 Å². The summed E-state index contributed by atoms with van der Waals surface area (Å²) in [6, 6.07) is 12.3. The van der Waals surface area contributed by atoms with E-state index in [2.05, 4.69) is 15.5 Å². The topological polar surface area (TPSA) is 64.7 Å². The molecule has 1 saturated heterocycles. The molecule has 3 rings (SSSR count). The molecule has 0 atom stereocenters. The molecule has 0 radical (unpaired) electrons. The molecule has 2 N–H and O–H groups in total. The summed E-state index contributed by atoms with van der Waals surface area (Å²) in [4.78, 5) is 28.3. The van der Waals surface area contributed by atoms with Crippen molar-refractivity contribution in [3.8, 4) is 0 Å². The minimum absolute atomic E-state index is 0.206. The summed E-state index contributed by atoms with van der Waals surface area (Å²) in [7, 11) is 0. The van der Waals surface area contributed by atoms with Crippen molar-refractivity contribution in [2.24, 2.45) is 0 Å². The van der Waals surface area contributed by atoms with Crippen molar-refractivity contribution in [3.63, 3.8) is 0 Å². The van der Waals surface area contributed by atoms with Crippen LogP contribution in [0.5, 0.6) is 0 Å². The molecule has 0 saturated carbocycles. The average Bonchev–Trinajstić information content (AvgIpc) is 2.71. The van der Waals surface area contributed by atoms with Gasteiger partial charge in [0.05, 0.1) is 5.69 Å². The largest absolute Gasteiger partial charge is 0.367 e. The van der Waals surface area contributed by atoms with Gasteiger partial charge in [-0.15, -0.1) is 0 Å². The minimum Gasteiger partial charge on any atom is -0.367 e. The third-order valence-electron chi connectivity index (χ3n) is 5.25. The summed E-state index contributed by atoms with van der Waals surface area (Å²) in [5, 5.41) is 5.28. The first-order valence-corrected chi connectivity index (χ1v) is 9.82. The molecule has 0 aromatic heterocycles. The first-order valence-electron chi connectivity index (χ1n) is 9.82. The number of hydrogen-bond acceptors (Lipinski definition) is 4. The average molecular weight is 398 g/mol. The van der Waals surface area contributed by atoms with Gasteiger partial charge >= 0.3 is 11.8 Å². The number of hydrogen-bond donors (Lipinski definition) is 2. The smallest absolute Gasteiger partial charge is 0.313 e. The molecular formula is C22H27FN4O2. The van der Waals surface area contributed by atoms with Gasteiger partial charge in [-0.2, -0.15) is 0 Å². The van der Waals surface area contributed by atoms with Crippen molar-refractivity contribution >= 4 is 23.2 Å². The summed E-state index contributed by atoms with van der Waals surface area (Å²) in [6.07, 6.45) is 0. The second kappa shape index (κ2) is 9.52. The Morgan fingerprint density at radius 1 is 0.966 bits per heavy atom. The van der Waals surface area contributed by atoms with Crippen molar-refractivity contribution < 1.29 is 14.0 Å². The number of rotatable bonds is 5. The summed E-state index contributed by atoms with van der Waals surface area (Å²) in [5.74, 6) is -1.52. The van der Waals surface area contributed by atoms with Crippen LogP contribution in [0.1, 0.15) is 11.1 Å². The number of aryl methyl sites for hydroxylation is 2. The number of para-hydroxylation sites is 1. The molecule has 1 heterocycles. The zero-order valence-electron chi connectivity index (χ0n) is 16.9. The molecule has 2 aromatic rings. The van der Waals surface area contributed by atoms with E-state index in [1.165, 1.54) is 6.07 Å². The Kier molecular flexibility index (Phi) is 6.82. The van der Waals surface area contributed by atoms with Gasteiger partial charge in [0.1, 0.15) is 5.82 Å². The Bertz CT molecular complexity index is 879. The normalized spacial score (nSPS) is 14.5. The van der Waals surface area contributed by atoms with Crippen LogP contribution in [0.4, 0.5) is 15.8 Å². The third kappa shape index (κ3) is 5.54. The maximum Gasteiger partial charge on any atom is 0.313 e. The molecular weight excluding hydrogens is 371 g/mol. The van der Waals surface area contributed by atoms with Crippen molar-refractivity contribution in [2.45, 2.75) is 13.8 Å². The van der Waals surface area contributed by atoms with Crippen molar-refractivity contribution in [1.29, 1.82) is 0 Å². The van der Waals surface area contributed by atoms with Gasteiger partial charge in [-0.1, -0.05) is 18.2 Å². The van der Waals surface area contributed by atoms with Gasteiger partial charge in [0.25, 0.3) is 0 Å². The van der Waals surface area contributed by atoms with Crippen LogP contribution in [-0.2, 0) is 9.59 Å². The number of nitrogens with zero attached hydrogens (tertiary/aromatic N) is 2. The van der Waals surface area contributed by atoms with E-state index in [1.54, 1.807) is 18.2 Å². The zero-order chi connectivity index (χ0) is 20.8. The summed E-state index contributed by atoms with van der Waals surface area (Å²) >= 11 is 0. The van der Waals surface area contributed by atoms with Crippen LogP contribution in [0, 0.1) is 19.7 Å². The number of benzene rings is 2. The molecule has 0 unspecified atom stereocenters. The Morgan fingerprint density at radius 2 is 1.69 bits per heavy atom. The lowest BCUT2D eigenvalue weighted by Gasteiger charge is -2.36. The third-order valence-corrected chi connectivity index (χ3v) is 5.25. The lowest BCUT2D eigenvalue weighted by atomic mass is 10.1. The number of amides is 2. The van der Waals surface area contributed by atoms with Gasteiger partial charge in [-0.25, -0.2) is 4.39 Å². The maximum absolute atomic E-state index is 13.9. The summed E-state index contributed by atoms with van der Waals surface area (Å²) < 4.78 is 13.9. The van der Waals surface area contributed by atoms with Crippen molar-refractivity contribution in [2.75, 3.05) is 49.5 Å². The van der Waals surface area contributed by atoms with E-state index in [4.69, 9.17) is 0 Å². The monoisotopic (exact) mass is 398 g/mol. The van der Waals surface area contributed by atoms with E-state index in [1.807, 2.05) is 36.9 Å². The van der Waals surface area contributed by atoms with Gasteiger partial charge in [0.2, 0.25) is 0 Å². The molecule has 29 heavy (non-hydrogen) atoms. The number of nitrogens with one attached hydrogen (secondary N) is 2. The van der Waals surface area contributed by atoms with Crippen molar-refractivity contribution in [1.82, 2.24) is 10.2 Å². The van der Waals surface area contributed by atoms with Crippen LogP contribution >= 0.6 is 0 Å². The van der Waals surface area contributed by atoms with Gasteiger partial charge in [-0.05, 0) is 49.2 Å². The van der Waals surface area contributed by atoms with Gasteiger partial charge < -0.3 is 15.5 Å². The first kappa shape index (κ1) is 20.8. The number of halogens is 1. The highest BCUT2D eigenvalue weighted by Gasteiger charge is 2.20. The highest BCUT2D eigenvalue weighted by molar-refractivity contribution is 6.39. The molecule has 0 bridgehead atoms. The van der Waals surface area contributed by atoms with Gasteiger partial charge in [0.15, 0.2) is 0 Å². The first-order chi connectivity index (χ1) is 13.9. The van der Waals surface area contributed by atoms with Crippen LogP contribution in [0.25, 0.3) is 0 Å². The predicted octanol–water partition coefficient (Wildman–Crippen LogP) is 2.32. The standard InChI is InChI=1S/C22H27FN4O2/c1-16-7-8-18(15-17(16)2)25-22(29)21(28)24-9-10-26-11-13-27(14-12-26)20-6-4-3-5-19(20)23/h3-8,15H,9-14H2,1-2H3,(H,24,28)(H,25,29). The zero-order valence-corrected chi connectivity index (χ0v) is 16.9.